The van der Waals surface area contributed by atoms with Gasteiger partial charge in [0.15, 0.2) is 0 Å². The standard InChI is InChI=1S/C8H17OSi/c1-3-5-6-7-8-10(9)4-2/h7-9H,3-6H2,1-2H3/b8-7+. The molecule has 0 aromatic carbocycles. The monoisotopic (exact) mass is 157 g/mol. The van der Waals surface area contributed by atoms with Gasteiger partial charge in [-0.1, -0.05) is 38.5 Å². The largest absolute Gasteiger partial charge is 0.428 e. The summed E-state index contributed by atoms with van der Waals surface area (Å²) in [5.41, 5.74) is 1.99. The van der Waals surface area contributed by atoms with Crippen LogP contribution in [-0.2, 0) is 0 Å². The molecule has 0 unspecified atom stereocenters. The molecule has 0 fully saturated rings. The molecule has 0 heterocycles. The van der Waals surface area contributed by atoms with Crippen LogP contribution in [0.4, 0.5) is 0 Å². The van der Waals surface area contributed by atoms with E-state index in [9.17, 15) is 4.80 Å². The maximum absolute atomic E-state index is 9.17. The second-order valence-electron chi connectivity index (χ2n) is 2.39. The molecule has 1 N–H and O–H groups in total. The Hall–Kier alpha value is -0.0831. The van der Waals surface area contributed by atoms with E-state index in [0.717, 1.165) is 12.5 Å². The van der Waals surface area contributed by atoms with Gasteiger partial charge in [0.25, 0.3) is 0 Å². The molecule has 0 aromatic heterocycles. The molecule has 0 aliphatic carbocycles. The van der Waals surface area contributed by atoms with Crippen LogP contribution in [-0.4, -0.2) is 13.8 Å². The third-order valence-electron chi connectivity index (χ3n) is 1.40. The zero-order valence-corrected chi connectivity index (χ0v) is 7.93. The summed E-state index contributed by atoms with van der Waals surface area (Å²) in [7, 11) is -1.09. The fourth-order valence-electron chi connectivity index (χ4n) is 0.659. The predicted octanol–water partition coefficient (Wildman–Crippen LogP) is 2.28. The number of hydrogen-bond acceptors (Lipinski definition) is 1. The van der Waals surface area contributed by atoms with Crippen LogP contribution in [0.2, 0.25) is 6.04 Å². The molecule has 10 heavy (non-hydrogen) atoms. The second-order valence-corrected chi connectivity index (χ2v) is 4.41. The highest BCUT2D eigenvalue weighted by molar-refractivity contribution is 6.56. The third-order valence-corrected chi connectivity index (χ3v) is 2.74. The molecule has 0 aliphatic heterocycles. The topological polar surface area (TPSA) is 20.2 Å². The van der Waals surface area contributed by atoms with Gasteiger partial charge in [-0.05, 0) is 12.5 Å². The van der Waals surface area contributed by atoms with Crippen molar-refractivity contribution in [3.63, 3.8) is 0 Å². The maximum atomic E-state index is 9.17. The van der Waals surface area contributed by atoms with Crippen LogP contribution in [0.1, 0.15) is 33.1 Å². The van der Waals surface area contributed by atoms with Crippen molar-refractivity contribution in [1.29, 1.82) is 0 Å². The van der Waals surface area contributed by atoms with Gasteiger partial charge >= 0.3 is 0 Å². The zero-order valence-electron chi connectivity index (χ0n) is 6.93. The van der Waals surface area contributed by atoms with Gasteiger partial charge in [0, 0.05) is 0 Å². The van der Waals surface area contributed by atoms with Crippen LogP contribution < -0.4 is 0 Å². The van der Waals surface area contributed by atoms with E-state index in [1.165, 1.54) is 12.8 Å². The Balaban J connectivity index is 3.18. The molecule has 0 saturated heterocycles. The van der Waals surface area contributed by atoms with E-state index in [-0.39, 0.29) is 0 Å². The summed E-state index contributed by atoms with van der Waals surface area (Å²) < 4.78 is 0. The molecule has 0 aromatic rings. The Labute approximate surface area is 65.5 Å². The summed E-state index contributed by atoms with van der Waals surface area (Å²) in [4.78, 5) is 9.17. The molecule has 1 nitrogen and oxygen atoms in total. The SMILES string of the molecule is CCCC/C=C/[Si](O)CC. The predicted molar refractivity (Wildman–Crippen MR) is 47.1 cm³/mol. The Morgan fingerprint density at radius 1 is 1.40 bits per heavy atom. The van der Waals surface area contributed by atoms with E-state index < -0.39 is 9.04 Å². The van der Waals surface area contributed by atoms with E-state index in [4.69, 9.17) is 0 Å². The number of unbranched alkanes of at least 4 members (excludes halogenated alkanes) is 2. The van der Waals surface area contributed by atoms with Crippen LogP contribution in [0.25, 0.3) is 0 Å². The van der Waals surface area contributed by atoms with Crippen molar-refractivity contribution in [2.75, 3.05) is 0 Å². The highest BCUT2D eigenvalue weighted by Crippen LogP contribution is 1.96. The summed E-state index contributed by atoms with van der Waals surface area (Å²) in [6.07, 6.45) is 5.73. The lowest BCUT2D eigenvalue weighted by atomic mass is 10.2. The lowest BCUT2D eigenvalue weighted by Gasteiger charge is -1.94. The molecule has 0 atom stereocenters. The van der Waals surface area contributed by atoms with Gasteiger partial charge in [-0.25, -0.2) is 0 Å². The van der Waals surface area contributed by atoms with E-state index in [1.54, 1.807) is 0 Å². The summed E-state index contributed by atoms with van der Waals surface area (Å²) >= 11 is 0. The molecule has 0 saturated carbocycles. The van der Waals surface area contributed by atoms with Crippen molar-refractivity contribution in [2.24, 2.45) is 0 Å². The van der Waals surface area contributed by atoms with Gasteiger partial charge in [0.2, 0.25) is 9.04 Å². The third kappa shape index (κ3) is 6.04. The van der Waals surface area contributed by atoms with Gasteiger partial charge in [-0.3, -0.25) is 0 Å². The molecule has 0 aliphatic rings. The first kappa shape index (κ1) is 9.92. The molecular formula is C8H17OSi. The Morgan fingerprint density at radius 2 is 2.10 bits per heavy atom. The molecule has 59 valence electrons. The lowest BCUT2D eigenvalue weighted by Crippen LogP contribution is -2.04. The highest BCUT2D eigenvalue weighted by Gasteiger charge is 1.95. The summed E-state index contributed by atoms with van der Waals surface area (Å²) in [6.45, 7) is 4.21. The van der Waals surface area contributed by atoms with Crippen LogP contribution in [0.15, 0.2) is 11.8 Å². The zero-order chi connectivity index (χ0) is 7.82. The first-order valence-electron chi connectivity index (χ1n) is 4.02. The Morgan fingerprint density at radius 3 is 2.60 bits per heavy atom. The maximum Gasteiger partial charge on any atom is 0.234 e. The first-order valence-corrected chi connectivity index (χ1v) is 5.75. The smallest absolute Gasteiger partial charge is 0.234 e. The van der Waals surface area contributed by atoms with Crippen LogP contribution in [0.3, 0.4) is 0 Å². The van der Waals surface area contributed by atoms with E-state index in [2.05, 4.69) is 13.0 Å². The van der Waals surface area contributed by atoms with Gasteiger partial charge in [-0.15, -0.1) is 0 Å². The number of rotatable bonds is 5. The molecule has 0 rings (SSSR count). The Kier molecular flexibility index (Phi) is 6.97. The van der Waals surface area contributed by atoms with E-state index in [1.807, 2.05) is 12.6 Å². The quantitative estimate of drug-likeness (QED) is 0.479. The van der Waals surface area contributed by atoms with E-state index >= 15 is 0 Å². The summed E-state index contributed by atoms with van der Waals surface area (Å²) in [5, 5.41) is 0. The Bertz CT molecular complexity index is 91.3. The second kappa shape index (κ2) is 7.03. The minimum atomic E-state index is -1.09. The average molecular weight is 157 g/mol. The first-order chi connectivity index (χ1) is 4.81. The van der Waals surface area contributed by atoms with Gasteiger partial charge in [0.05, 0.1) is 0 Å². The van der Waals surface area contributed by atoms with Crippen molar-refractivity contribution in [3.05, 3.63) is 11.8 Å². The minimum absolute atomic E-state index is 0.924. The minimum Gasteiger partial charge on any atom is -0.428 e. The fraction of sp³-hybridized carbons (Fsp3) is 0.750. The van der Waals surface area contributed by atoms with Gasteiger partial charge in [0.1, 0.15) is 0 Å². The normalized spacial score (nSPS) is 11.6. The van der Waals surface area contributed by atoms with E-state index in [0.29, 0.717) is 0 Å². The van der Waals surface area contributed by atoms with Crippen molar-refractivity contribution in [3.8, 4) is 0 Å². The summed E-state index contributed by atoms with van der Waals surface area (Å²) in [5.74, 6) is 0. The van der Waals surface area contributed by atoms with Gasteiger partial charge in [-0.2, -0.15) is 0 Å². The molecule has 0 bridgehead atoms. The van der Waals surface area contributed by atoms with Crippen LogP contribution in [0, 0.1) is 0 Å². The van der Waals surface area contributed by atoms with Crippen LogP contribution >= 0.6 is 0 Å². The van der Waals surface area contributed by atoms with Crippen LogP contribution in [0.5, 0.6) is 0 Å². The number of hydrogen-bond donors (Lipinski definition) is 1. The molecule has 1 radical (unpaired) electrons. The molecule has 2 heteroatoms. The molecule has 0 amide bonds. The fourth-order valence-corrected chi connectivity index (χ4v) is 1.33. The van der Waals surface area contributed by atoms with Gasteiger partial charge < -0.3 is 4.80 Å². The van der Waals surface area contributed by atoms with Crippen molar-refractivity contribution >= 4 is 9.04 Å². The van der Waals surface area contributed by atoms with Crippen molar-refractivity contribution < 1.29 is 4.80 Å². The molecular weight excluding hydrogens is 140 g/mol. The van der Waals surface area contributed by atoms with Crippen molar-refractivity contribution in [2.45, 2.75) is 39.2 Å². The highest BCUT2D eigenvalue weighted by atomic mass is 28.3. The molecule has 0 spiro atoms. The van der Waals surface area contributed by atoms with Crippen molar-refractivity contribution in [1.82, 2.24) is 0 Å². The number of allylic oxidation sites excluding steroid dienone is 1. The summed E-state index contributed by atoms with van der Waals surface area (Å²) in [6, 6.07) is 0.924. The lowest BCUT2D eigenvalue weighted by molar-refractivity contribution is 0.584. The average Bonchev–Trinajstić information content (AvgIpc) is 1.98.